The van der Waals surface area contributed by atoms with Gasteiger partial charge in [-0.3, -0.25) is 0 Å². The fourth-order valence-corrected chi connectivity index (χ4v) is 1.47. The van der Waals surface area contributed by atoms with Crippen LogP contribution in [0.15, 0.2) is 12.5 Å². The molecule has 1 unspecified atom stereocenters. The summed E-state index contributed by atoms with van der Waals surface area (Å²) in [6, 6.07) is 0. The molecule has 86 valence electrons. The standard InChI is InChI=1S/C10H18N2O3/c1-3-15-10(7-14-2)9-6-11-8-12(9)4-5-13/h6,8,10,13H,3-5,7H2,1-2H3. The van der Waals surface area contributed by atoms with Crippen LogP contribution in [-0.2, 0) is 16.0 Å². The van der Waals surface area contributed by atoms with E-state index in [9.17, 15) is 0 Å². The van der Waals surface area contributed by atoms with Crippen LogP contribution < -0.4 is 0 Å². The Labute approximate surface area is 89.6 Å². The third-order valence-corrected chi connectivity index (χ3v) is 2.10. The number of hydrogen-bond donors (Lipinski definition) is 1. The molecule has 5 nitrogen and oxygen atoms in total. The third kappa shape index (κ3) is 3.30. The zero-order chi connectivity index (χ0) is 11.1. The van der Waals surface area contributed by atoms with Crippen molar-refractivity contribution in [3.63, 3.8) is 0 Å². The fourth-order valence-electron chi connectivity index (χ4n) is 1.47. The Morgan fingerprint density at radius 3 is 3.00 bits per heavy atom. The normalized spacial score (nSPS) is 13.0. The summed E-state index contributed by atoms with van der Waals surface area (Å²) in [5, 5.41) is 8.88. The van der Waals surface area contributed by atoms with E-state index in [2.05, 4.69) is 4.98 Å². The lowest BCUT2D eigenvalue weighted by molar-refractivity contribution is -0.00190. The maximum atomic E-state index is 8.88. The van der Waals surface area contributed by atoms with Gasteiger partial charge >= 0.3 is 0 Å². The number of rotatable bonds is 7. The number of aliphatic hydroxyl groups excluding tert-OH is 1. The summed E-state index contributed by atoms with van der Waals surface area (Å²) >= 11 is 0. The predicted octanol–water partition coefficient (Wildman–Crippen LogP) is 0.599. The highest BCUT2D eigenvalue weighted by Gasteiger charge is 2.15. The van der Waals surface area contributed by atoms with E-state index in [1.165, 1.54) is 0 Å². The van der Waals surface area contributed by atoms with Gasteiger partial charge in [0.05, 0.1) is 31.4 Å². The van der Waals surface area contributed by atoms with Gasteiger partial charge in [-0.2, -0.15) is 0 Å². The average molecular weight is 214 g/mol. The molecule has 5 heteroatoms. The van der Waals surface area contributed by atoms with E-state index < -0.39 is 0 Å². The fraction of sp³-hybridized carbons (Fsp3) is 0.700. The maximum absolute atomic E-state index is 8.88. The van der Waals surface area contributed by atoms with Crippen LogP contribution in [-0.4, -0.2) is 41.6 Å². The summed E-state index contributed by atoms with van der Waals surface area (Å²) in [4.78, 5) is 4.04. The van der Waals surface area contributed by atoms with Crippen LogP contribution in [0, 0.1) is 0 Å². The highest BCUT2D eigenvalue weighted by molar-refractivity contribution is 5.03. The van der Waals surface area contributed by atoms with Crippen molar-refractivity contribution in [3.05, 3.63) is 18.2 Å². The minimum Gasteiger partial charge on any atom is -0.395 e. The summed E-state index contributed by atoms with van der Waals surface area (Å²) in [5.41, 5.74) is 0.938. The lowest BCUT2D eigenvalue weighted by atomic mass is 10.3. The smallest absolute Gasteiger partial charge is 0.122 e. The van der Waals surface area contributed by atoms with Crippen LogP contribution in [0.4, 0.5) is 0 Å². The van der Waals surface area contributed by atoms with Gasteiger partial charge in [0, 0.05) is 20.3 Å². The van der Waals surface area contributed by atoms with Crippen molar-refractivity contribution in [1.29, 1.82) is 0 Å². The molecule has 0 aromatic carbocycles. The molecule has 15 heavy (non-hydrogen) atoms. The number of methoxy groups -OCH3 is 1. The van der Waals surface area contributed by atoms with E-state index in [0.29, 0.717) is 19.8 Å². The van der Waals surface area contributed by atoms with Gasteiger partial charge in [0.2, 0.25) is 0 Å². The molecule has 1 heterocycles. The highest BCUT2D eigenvalue weighted by atomic mass is 16.5. The molecule has 0 spiro atoms. The van der Waals surface area contributed by atoms with Gasteiger partial charge in [0.1, 0.15) is 6.10 Å². The molecule has 0 amide bonds. The molecular weight excluding hydrogens is 196 g/mol. The molecule has 0 aliphatic carbocycles. The number of imidazole rings is 1. The number of aromatic nitrogens is 2. The first kappa shape index (κ1) is 12.2. The SMILES string of the molecule is CCOC(COC)c1cncn1CCO. The molecule has 0 saturated carbocycles. The first-order valence-electron chi connectivity index (χ1n) is 5.04. The molecule has 0 radical (unpaired) electrons. The minimum atomic E-state index is -0.117. The van der Waals surface area contributed by atoms with Crippen LogP contribution in [0.5, 0.6) is 0 Å². The Morgan fingerprint density at radius 2 is 2.40 bits per heavy atom. The molecule has 0 saturated heterocycles. The largest absolute Gasteiger partial charge is 0.395 e. The van der Waals surface area contributed by atoms with Crippen molar-refractivity contribution in [2.24, 2.45) is 0 Å². The molecule has 0 fully saturated rings. The zero-order valence-electron chi connectivity index (χ0n) is 9.22. The monoisotopic (exact) mass is 214 g/mol. The van der Waals surface area contributed by atoms with Crippen LogP contribution in [0.25, 0.3) is 0 Å². The summed E-state index contributed by atoms with van der Waals surface area (Å²) < 4.78 is 12.5. The van der Waals surface area contributed by atoms with Crippen molar-refractivity contribution in [2.45, 2.75) is 19.6 Å². The van der Waals surface area contributed by atoms with Gasteiger partial charge < -0.3 is 19.1 Å². The van der Waals surface area contributed by atoms with Gasteiger partial charge in [-0.05, 0) is 6.92 Å². The molecule has 1 aromatic rings. The van der Waals surface area contributed by atoms with Crippen molar-refractivity contribution >= 4 is 0 Å². The Bertz CT molecular complexity index is 269. The Hall–Kier alpha value is -0.910. The topological polar surface area (TPSA) is 56.5 Å². The Morgan fingerprint density at radius 1 is 1.60 bits per heavy atom. The van der Waals surface area contributed by atoms with Gasteiger partial charge in [-0.1, -0.05) is 0 Å². The number of ether oxygens (including phenoxy) is 2. The third-order valence-electron chi connectivity index (χ3n) is 2.10. The molecule has 1 rings (SSSR count). The van der Waals surface area contributed by atoms with Crippen LogP contribution in [0.3, 0.4) is 0 Å². The second kappa shape index (κ2) is 6.55. The van der Waals surface area contributed by atoms with Crippen LogP contribution in [0.2, 0.25) is 0 Å². The number of hydrogen-bond acceptors (Lipinski definition) is 4. The summed E-state index contributed by atoms with van der Waals surface area (Å²) in [6.07, 6.45) is 3.32. The van der Waals surface area contributed by atoms with Crippen LogP contribution >= 0.6 is 0 Å². The molecule has 1 atom stereocenters. The first-order chi connectivity index (χ1) is 7.33. The second-order valence-corrected chi connectivity index (χ2v) is 3.13. The summed E-state index contributed by atoms with van der Waals surface area (Å²) in [6.45, 7) is 3.68. The number of nitrogens with zero attached hydrogens (tertiary/aromatic N) is 2. The molecule has 0 aliphatic rings. The van der Waals surface area contributed by atoms with Crippen molar-refractivity contribution in [3.8, 4) is 0 Å². The van der Waals surface area contributed by atoms with E-state index in [0.717, 1.165) is 5.69 Å². The minimum absolute atomic E-state index is 0.0924. The predicted molar refractivity (Wildman–Crippen MR) is 55.6 cm³/mol. The van der Waals surface area contributed by atoms with Crippen molar-refractivity contribution < 1.29 is 14.6 Å². The Kier molecular flexibility index (Phi) is 5.31. The maximum Gasteiger partial charge on any atom is 0.122 e. The second-order valence-electron chi connectivity index (χ2n) is 3.13. The van der Waals surface area contributed by atoms with Gasteiger partial charge in [0.15, 0.2) is 0 Å². The summed E-state index contributed by atoms with van der Waals surface area (Å²) in [7, 11) is 1.64. The van der Waals surface area contributed by atoms with Crippen LogP contribution in [0.1, 0.15) is 18.7 Å². The van der Waals surface area contributed by atoms with Crippen molar-refractivity contribution in [1.82, 2.24) is 9.55 Å². The van der Waals surface area contributed by atoms with E-state index >= 15 is 0 Å². The molecule has 1 aromatic heterocycles. The van der Waals surface area contributed by atoms with Gasteiger partial charge in [0.25, 0.3) is 0 Å². The van der Waals surface area contributed by atoms with E-state index in [-0.39, 0.29) is 12.7 Å². The van der Waals surface area contributed by atoms with Gasteiger partial charge in [-0.25, -0.2) is 4.98 Å². The summed E-state index contributed by atoms with van der Waals surface area (Å²) in [5.74, 6) is 0. The van der Waals surface area contributed by atoms with Crippen molar-refractivity contribution in [2.75, 3.05) is 26.9 Å². The number of aliphatic hydroxyl groups is 1. The van der Waals surface area contributed by atoms with E-state index in [1.54, 1.807) is 19.6 Å². The molecular formula is C10H18N2O3. The Balaban J connectivity index is 2.74. The lowest BCUT2D eigenvalue weighted by Gasteiger charge is -2.17. The quantitative estimate of drug-likeness (QED) is 0.722. The van der Waals surface area contributed by atoms with Gasteiger partial charge in [-0.15, -0.1) is 0 Å². The average Bonchev–Trinajstić information content (AvgIpc) is 2.66. The van der Waals surface area contributed by atoms with E-state index in [1.807, 2.05) is 11.5 Å². The molecule has 0 aliphatic heterocycles. The lowest BCUT2D eigenvalue weighted by Crippen LogP contribution is -2.16. The first-order valence-corrected chi connectivity index (χ1v) is 5.04. The molecule has 1 N–H and O–H groups in total. The van der Waals surface area contributed by atoms with E-state index in [4.69, 9.17) is 14.6 Å². The highest BCUT2D eigenvalue weighted by Crippen LogP contribution is 2.17. The molecule has 0 bridgehead atoms. The zero-order valence-corrected chi connectivity index (χ0v) is 9.22.